The molecular weight excluding hydrogens is 424 g/mol. The van der Waals surface area contributed by atoms with Crippen LogP contribution in [0.5, 0.6) is 0 Å². The number of anilines is 1. The molecule has 2 rings (SSSR count). The molecule has 1 heterocycles. The molecule has 0 saturated carbocycles. The molecule has 6 nitrogen and oxygen atoms in total. The van der Waals surface area contributed by atoms with Gasteiger partial charge in [0, 0.05) is 8.95 Å². The summed E-state index contributed by atoms with van der Waals surface area (Å²) in [5, 5.41) is 10.7. The van der Waals surface area contributed by atoms with Gasteiger partial charge in [0.2, 0.25) is 11.8 Å². The number of rotatable bonds is 5. The number of nitrogens with one attached hydrogen (secondary N) is 1. The van der Waals surface area contributed by atoms with Crippen molar-refractivity contribution in [2.45, 2.75) is 18.7 Å². The van der Waals surface area contributed by atoms with Crippen LogP contribution < -0.4 is 11.1 Å². The molecule has 3 N–H and O–H groups in total. The molecule has 1 aromatic carbocycles. The van der Waals surface area contributed by atoms with Crippen molar-refractivity contribution in [2.75, 3.05) is 11.1 Å². The zero-order valence-corrected chi connectivity index (χ0v) is 15.0. The Labute approximate surface area is 142 Å². The van der Waals surface area contributed by atoms with Crippen LogP contribution in [0.4, 0.5) is 5.69 Å². The highest BCUT2D eigenvalue weighted by molar-refractivity contribution is 9.11. The van der Waals surface area contributed by atoms with E-state index in [9.17, 15) is 4.79 Å². The number of nitrogens with two attached hydrogens (primary N) is 1. The van der Waals surface area contributed by atoms with E-state index in [0.717, 1.165) is 26.3 Å². The van der Waals surface area contributed by atoms with Crippen molar-refractivity contribution < 1.29 is 9.21 Å². The van der Waals surface area contributed by atoms with Gasteiger partial charge in [-0.25, -0.2) is 0 Å². The Balaban J connectivity index is 1.96. The van der Waals surface area contributed by atoms with E-state index >= 15 is 0 Å². The van der Waals surface area contributed by atoms with Gasteiger partial charge < -0.3 is 15.5 Å². The minimum atomic E-state index is -0.169. The molecular formula is C12H12Br2N4O2S. The van der Waals surface area contributed by atoms with E-state index in [4.69, 9.17) is 10.2 Å². The van der Waals surface area contributed by atoms with E-state index in [2.05, 4.69) is 47.4 Å². The maximum atomic E-state index is 12.0. The molecule has 9 heteroatoms. The van der Waals surface area contributed by atoms with Crippen LogP contribution in [0.1, 0.15) is 11.5 Å². The second-order valence-electron chi connectivity index (χ2n) is 4.11. The molecule has 1 aromatic heterocycles. The quantitative estimate of drug-likeness (QED) is 0.700. The fraction of sp³-hybridized carbons (Fsp3) is 0.250. The monoisotopic (exact) mass is 434 g/mol. The van der Waals surface area contributed by atoms with Crippen LogP contribution in [-0.2, 0) is 11.3 Å². The van der Waals surface area contributed by atoms with E-state index < -0.39 is 0 Å². The largest absolute Gasteiger partial charge is 0.415 e. The first-order chi connectivity index (χ1) is 9.99. The number of thioether (sulfide) groups is 1. The summed E-state index contributed by atoms with van der Waals surface area (Å²) in [6.45, 7) is 2.16. The number of carbonyl (C=O) groups is 1. The van der Waals surface area contributed by atoms with Gasteiger partial charge in [-0.05, 0) is 56.5 Å². The fourth-order valence-corrected chi connectivity index (χ4v) is 3.70. The molecule has 0 aliphatic heterocycles. The summed E-state index contributed by atoms with van der Waals surface area (Å²) >= 11 is 8.02. The van der Waals surface area contributed by atoms with Crippen molar-refractivity contribution in [1.82, 2.24) is 10.2 Å². The number of aryl methyl sites for hydroxylation is 1. The lowest BCUT2D eigenvalue weighted by molar-refractivity contribution is -0.113. The number of hydrogen-bond acceptors (Lipinski definition) is 6. The van der Waals surface area contributed by atoms with Crippen LogP contribution in [-0.4, -0.2) is 21.9 Å². The number of benzene rings is 1. The number of hydrogen-bond donors (Lipinski definition) is 2. The third-order valence-electron chi connectivity index (χ3n) is 2.40. The molecule has 0 bridgehead atoms. The molecule has 2 aromatic rings. The van der Waals surface area contributed by atoms with E-state index in [1.54, 1.807) is 0 Å². The van der Waals surface area contributed by atoms with Crippen LogP contribution >= 0.6 is 43.6 Å². The first-order valence-corrected chi connectivity index (χ1v) is 8.47. The first-order valence-electron chi connectivity index (χ1n) is 5.90. The lowest BCUT2D eigenvalue weighted by Crippen LogP contribution is -2.15. The van der Waals surface area contributed by atoms with Gasteiger partial charge in [-0.1, -0.05) is 11.8 Å². The van der Waals surface area contributed by atoms with Crippen molar-refractivity contribution in [2.24, 2.45) is 5.73 Å². The Bertz CT molecular complexity index is 639. The number of aromatic nitrogens is 2. The highest BCUT2D eigenvalue weighted by Gasteiger charge is 2.12. The van der Waals surface area contributed by atoms with Gasteiger partial charge in [0.15, 0.2) is 0 Å². The van der Waals surface area contributed by atoms with Crippen molar-refractivity contribution >= 4 is 55.2 Å². The SMILES string of the molecule is Cc1cc(Br)c(NC(=O)CSc2nnc(CN)o2)c(Br)c1. The van der Waals surface area contributed by atoms with Crippen molar-refractivity contribution in [1.29, 1.82) is 0 Å². The summed E-state index contributed by atoms with van der Waals surface area (Å²) < 4.78 is 6.85. The fourth-order valence-electron chi connectivity index (χ4n) is 1.50. The molecule has 1 amide bonds. The molecule has 0 fully saturated rings. The normalized spacial score (nSPS) is 10.7. The summed E-state index contributed by atoms with van der Waals surface area (Å²) in [7, 11) is 0. The average molecular weight is 436 g/mol. The molecule has 0 spiro atoms. The summed E-state index contributed by atoms with van der Waals surface area (Å²) in [6.07, 6.45) is 0. The minimum Gasteiger partial charge on any atom is -0.415 e. The van der Waals surface area contributed by atoms with E-state index in [-0.39, 0.29) is 18.2 Å². The second-order valence-corrected chi connectivity index (χ2v) is 6.74. The minimum absolute atomic E-state index is 0.166. The predicted octanol–water partition coefficient (Wildman–Crippen LogP) is 3.09. The number of amides is 1. The van der Waals surface area contributed by atoms with Crippen LogP contribution in [0, 0.1) is 6.92 Å². The Morgan fingerprint density at radius 2 is 2.05 bits per heavy atom. The highest BCUT2D eigenvalue weighted by atomic mass is 79.9. The van der Waals surface area contributed by atoms with Crippen molar-refractivity contribution in [3.05, 3.63) is 32.5 Å². The Morgan fingerprint density at radius 3 is 2.62 bits per heavy atom. The highest BCUT2D eigenvalue weighted by Crippen LogP contribution is 2.32. The van der Waals surface area contributed by atoms with E-state index in [1.807, 2.05) is 19.1 Å². The topological polar surface area (TPSA) is 94.0 Å². The lowest BCUT2D eigenvalue weighted by atomic mass is 10.2. The van der Waals surface area contributed by atoms with Gasteiger partial charge in [-0.2, -0.15) is 0 Å². The second kappa shape index (κ2) is 7.39. The third kappa shape index (κ3) is 4.53. The van der Waals surface area contributed by atoms with Crippen LogP contribution in [0.2, 0.25) is 0 Å². The van der Waals surface area contributed by atoms with Gasteiger partial charge in [0.05, 0.1) is 18.0 Å². The summed E-state index contributed by atoms with van der Waals surface area (Å²) in [6, 6.07) is 3.86. The molecule has 112 valence electrons. The molecule has 0 unspecified atom stereocenters. The van der Waals surface area contributed by atoms with Gasteiger partial charge >= 0.3 is 0 Å². The van der Waals surface area contributed by atoms with Gasteiger partial charge in [0.25, 0.3) is 5.22 Å². The van der Waals surface area contributed by atoms with Crippen molar-refractivity contribution in [3.63, 3.8) is 0 Å². The van der Waals surface area contributed by atoms with Gasteiger partial charge in [-0.15, -0.1) is 10.2 Å². The number of nitrogens with zero attached hydrogens (tertiary/aromatic N) is 2. The average Bonchev–Trinajstić information content (AvgIpc) is 2.88. The van der Waals surface area contributed by atoms with Crippen molar-refractivity contribution in [3.8, 4) is 0 Å². The smallest absolute Gasteiger partial charge is 0.277 e. The molecule has 0 atom stereocenters. The molecule has 0 saturated heterocycles. The van der Waals surface area contributed by atoms with Gasteiger partial charge in [-0.3, -0.25) is 4.79 Å². The van der Waals surface area contributed by atoms with Crippen LogP contribution in [0.25, 0.3) is 0 Å². The van der Waals surface area contributed by atoms with E-state index in [1.165, 1.54) is 0 Å². The number of halogens is 2. The standard InChI is InChI=1S/C12H12Br2N4O2S/c1-6-2-7(13)11(8(14)3-6)16-9(19)5-21-12-18-17-10(4-15)20-12/h2-3H,4-5,15H2,1H3,(H,16,19). The van der Waals surface area contributed by atoms with Gasteiger partial charge in [0.1, 0.15) is 0 Å². The number of carbonyl (C=O) groups excluding carboxylic acids is 1. The lowest BCUT2D eigenvalue weighted by Gasteiger charge is -2.10. The zero-order chi connectivity index (χ0) is 15.4. The maximum absolute atomic E-state index is 12.0. The molecule has 0 radical (unpaired) electrons. The summed E-state index contributed by atoms with van der Waals surface area (Å²) in [5.41, 5.74) is 7.15. The molecule has 0 aliphatic carbocycles. The Morgan fingerprint density at radius 1 is 1.38 bits per heavy atom. The predicted molar refractivity (Wildman–Crippen MR) is 88.1 cm³/mol. The molecule has 21 heavy (non-hydrogen) atoms. The summed E-state index contributed by atoms with van der Waals surface area (Å²) in [4.78, 5) is 12.0. The molecule has 0 aliphatic rings. The Hall–Kier alpha value is -0.900. The third-order valence-corrected chi connectivity index (χ3v) is 4.47. The maximum Gasteiger partial charge on any atom is 0.277 e. The summed E-state index contributed by atoms with van der Waals surface area (Å²) in [5.74, 6) is 0.346. The van der Waals surface area contributed by atoms with Crippen LogP contribution in [0.3, 0.4) is 0 Å². The van der Waals surface area contributed by atoms with E-state index in [0.29, 0.717) is 16.8 Å². The van der Waals surface area contributed by atoms with Crippen LogP contribution in [0.15, 0.2) is 30.7 Å². The zero-order valence-electron chi connectivity index (χ0n) is 11.0. The Kier molecular flexibility index (Phi) is 5.80. The first kappa shape index (κ1) is 16.5.